The first-order valence-electron chi connectivity index (χ1n) is 4.88. The van der Waals surface area contributed by atoms with Crippen molar-refractivity contribution in [1.82, 2.24) is 9.36 Å². The first-order chi connectivity index (χ1) is 8.60. The maximum Gasteiger partial charge on any atom is 0.250 e. The Morgan fingerprint density at radius 1 is 1.39 bits per heavy atom. The van der Waals surface area contributed by atoms with Crippen LogP contribution in [0.1, 0.15) is 5.56 Å². The third kappa shape index (κ3) is 2.98. The Labute approximate surface area is 117 Å². The number of azo groups is 1. The lowest BCUT2D eigenvalue weighted by atomic mass is 10.2. The summed E-state index contributed by atoms with van der Waals surface area (Å²) in [5, 5.41) is 18.9. The van der Waals surface area contributed by atoms with E-state index in [2.05, 4.69) is 19.6 Å². The molecule has 1 aromatic carbocycles. The van der Waals surface area contributed by atoms with Gasteiger partial charge in [-0.25, -0.2) is 0 Å². The van der Waals surface area contributed by atoms with Gasteiger partial charge in [-0.05, 0) is 30.9 Å². The zero-order valence-electron chi connectivity index (χ0n) is 9.59. The number of aromatic hydroxyl groups is 1. The minimum atomic E-state index is 0.0659. The molecule has 5 nitrogen and oxygen atoms in total. The van der Waals surface area contributed by atoms with Gasteiger partial charge < -0.3 is 5.11 Å². The van der Waals surface area contributed by atoms with Crippen molar-refractivity contribution in [2.45, 2.75) is 12.1 Å². The van der Waals surface area contributed by atoms with E-state index in [9.17, 15) is 5.11 Å². The molecular weight excluding hydrogens is 292 g/mol. The number of aryl methyl sites for hydroxylation is 1. The summed E-state index contributed by atoms with van der Waals surface area (Å²) in [6.45, 7) is 1.75. The van der Waals surface area contributed by atoms with Crippen LogP contribution < -0.4 is 0 Å². The highest BCUT2D eigenvalue weighted by Gasteiger charge is 2.05. The van der Waals surface area contributed by atoms with Crippen molar-refractivity contribution in [3.05, 3.63) is 22.7 Å². The molecule has 2 aromatic rings. The molecule has 1 N–H and O–H groups in total. The maximum absolute atomic E-state index is 9.52. The monoisotopic (exact) mass is 300 g/mol. The molecule has 0 saturated heterocycles. The molecule has 0 aliphatic carbocycles. The van der Waals surface area contributed by atoms with Crippen LogP contribution in [0.5, 0.6) is 5.75 Å². The average molecular weight is 301 g/mol. The van der Waals surface area contributed by atoms with Gasteiger partial charge in [-0.1, -0.05) is 23.4 Å². The van der Waals surface area contributed by atoms with Crippen molar-refractivity contribution in [2.75, 3.05) is 6.26 Å². The fourth-order valence-electron chi connectivity index (χ4n) is 1.20. The number of rotatable bonds is 3. The van der Waals surface area contributed by atoms with E-state index in [0.29, 0.717) is 21.5 Å². The maximum atomic E-state index is 9.52. The molecule has 0 radical (unpaired) electrons. The fraction of sp³-hybridized carbons (Fsp3) is 0.200. The Kier molecular flexibility index (Phi) is 4.15. The molecule has 0 unspecified atom stereocenters. The van der Waals surface area contributed by atoms with Crippen LogP contribution in [-0.4, -0.2) is 20.7 Å². The zero-order valence-corrected chi connectivity index (χ0v) is 12.0. The van der Waals surface area contributed by atoms with E-state index in [1.54, 1.807) is 19.1 Å². The highest BCUT2D eigenvalue weighted by atomic mass is 35.5. The van der Waals surface area contributed by atoms with E-state index >= 15 is 0 Å². The van der Waals surface area contributed by atoms with E-state index in [1.807, 2.05) is 6.26 Å². The van der Waals surface area contributed by atoms with Gasteiger partial charge >= 0.3 is 0 Å². The second-order valence-electron chi connectivity index (χ2n) is 3.36. The van der Waals surface area contributed by atoms with Gasteiger partial charge in [0.25, 0.3) is 0 Å². The minimum absolute atomic E-state index is 0.0659. The fourth-order valence-corrected chi connectivity index (χ4v) is 2.51. The first-order valence-corrected chi connectivity index (χ1v) is 7.26. The number of thioether (sulfide) groups is 1. The van der Waals surface area contributed by atoms with Gasteiger partial charge in [0.2, 0.25) is 10.3 Å². The standard InChI is InChI=1S/C10H9ClN4OS2/c1-5-3-6(4-7(11)8(5)16)13-14-9-12-10(17-2)15-18-9/h3-4,16H,1-2H3. The van der Waals surface area contributed by atoms with E-state index in [0.717, 1.165) is 0 Å². The Hall–Kier alpha value is -1.18. The Balaban J connectivity index is 2.23. The lowest BCUT2D eigenvalue weighted by molar-refractivity contribution is 0.471. The van der Waals surface area contributed by atoms with Crippen molar-refractivity contribution in [2.24, 2.45) is 10.2 Å². The van der Waals surface area contributed by atoms with Crippen molar-refractivity contribution >= 4 is 45.7 Å². The number of halogens is 1. The lowest BCUT2D eigenvalue weighted by Gasteiger charge is -2.01. The largest absolute Gasteiger partial charge is 0.506 e. The van der Waals surface area contributed by atoms with Crippen LogP contribution in [0.3, 0.4) is 0 Å². The van der Waals surface area contributed by atoms with E-state index in [4.69, 9.17) is 11.6 Å². The van der Waals surface area contributed by atoms with Crippen molar-refractivity contribution in [1.29, 1.82) is 0 Å². The number of nitrogens with zero attached hydrogens (tertiary/aromatic N) is 4. The zero-order chi connectivity index (χ0) is 13.1. The van der Waals surface area contributed by atoms with E-state index in [1.165, 1.54) is 23.3 Å². The number of hydrogen-bond donors (Lipinski definition) is 1. The van der Waals surface area contributed by atoms with Gasteiger partial charge in [-0.2, -0.15) is 9.36 Å². The highest BCUT2D eigenvalue weighted by molar-refractivity contribution is 7.98. The molecule has 8 heteroatoms. The second kappa shape index (κ2) is 5.64. The summed E-state index contributed by atoms with van der Waals surface area (Å²) in [6, 6.07) is 3.24. The van der Waals surface area contributed by atoms with Crippen molar-refractivity contribution in [3.63, 3.8) is 0 Å². The summed E-state index contributed by atoms with van der Waals surface area (Å²) in [4.78, 5) is 4.13. The predicted molar refractivity (Wildman–Crippen MR) is 73.7 cm³/mol. The number of benzene rings is 1. The van der Waals surface area contributed by atoms with Crippen LogP contribution in [0.2, 0.25) is 5.02 Å². The summed E-state index contributed by atoms with van der Waals surface area (Å²) >= 11 is 8.48. The number of phenolic OH excluding ortho intramolecular Hbond substituents is 1. The van der Waals surface area contributed by atoms with Crippen LogP contribution >= 0.6 is 34.9 Å². The van der Waals surface area contributed by atoms with Gasteiger partial charge in [0.1, 0.15) is 5.75 Å². The van der Waals surface area contributed by atoms with Crippen LogP contribution in [0, 0.1) is 6.92 Å². The summed E-state index contributed by atoms with van der Waals surface area (Å²) in [7, 11) is 0. The molecule has 0 bridgehead atoms. The Bertz CT molecular complexity index is 576. The molecule has 94 valence electrons. The molecule has 0 fully saturated rings. The molecule has 0 atom stereocenters. The van der Waals surface area contributed by atoms with Gasteiger partial charge in [-0.15, -0.1) is 10.2 Å². The smallest absolute Gasteiger partial charge is 0.250 e. The average Bonchev–Trinajstić information content (AvgIpc) is 2.81. The first kappa shape index (κ1) is 13.3. The van der Waals surface area contributed by atoms with Crippen LogP contribution in [0.4, 0.5) is 10.8 Å². The quantitative estimate of drug-likeness (QED) is 0.676. The molecule has 0 saturated carbocycles. The number of aromatic nitrogens is 2. The molecule has 0 amide bonds. The summed E-state index contributed by atoms with van der Waals surface area (Å²) in [6.07, 6.45) is 1.89. The van der Waals surface area contributed by atoms with Gasteiger partial charge in [0, 0.05) is 11.5 Å². The lowest BCUT2D eigenvalue weighted by Crippen LogP contribution is -1.76. The Morgan fingerprint density at radius 2 is 2.17 bits per heavy atom. The Morgan fingerprint density at radius 3 is 2.78 bits per heavy atom. The van der Waals surface area contributed by atoms with Crippen molar-refractivity contribution in [3.8, 4) is 5.75 Å². The van der Waals surface area contributed by atoms with Gasteiger partial charge in [-0.3, -0.25) is 0 Å². The predicted octanol–water partition coefficient (Wildman–Crippen LogP) is 4.34. The molecular formula is C10H9ClN4OS2. The number of hydrogen-bond acceptors (Lipinski definition) is 7. The summed E-state index contributed by atoms with van der Waals surface area (Å²) < 4.78 is 4.07. The molecule has 0 spiro atoms. The van der Waals surface area contributed by atoms with E-state index < -0.39 is 0 Å². The molecule has 0 aliphatic rings. The summed E-state index contributed by atoms with van der Waals surface area (Å²) in [5.74, 6) is 0.0659. The van der Waals surface area contributed by atoms with Crippen LogP contribution in [0.15, 0.2) is 27.5 Å². The van der Waals surface area contributed by atoms with Crippen LogP contribution in [-0.2, 0) is 0 Å². The van der Waals surface area contributed by atoms with Gasteiger partial charge in [0.05, 0.1) is 10.7 Å². The highest BCUT2D eigenvalue weighted by Crippen LogP contribution is 2.32. The molecule has 0 aliphatic heterocycles. The minimum Gasteiger partial charge on any atom is -0.506 e. The van der Waals surface area contributed by atoms with E-state index in [-0.39, 0.29) is 10.8 Å². The number of phenols is 1. The molecule has 18 heavy (non-hydrogen) atoms. The third-order valence-electron chi connectivity index (χ3n) is 2.07. The van der Waals surface area contributed by atoms with Gasteiger partial charge in [0.15, 0.2) is 0 Å². The topological polar surface area (TPSA) is 70.7 Å². The normalized spacial score (nSPS) is 11.3. The molecule has 2 rings (SSSR count). The third-order valence-corrected chi connectivity index (χ3v) is 3.62. The molecule has 1 heterocycles. The summed E-state index contributed by atoms with van der Waals surface area (Å²) in [5.41, 5.74) is 1.22. The van der Waals surface area contributed by atoms with Crippen LogP contribution in [0.25, 0.3) is 0 Å². The van der Waals surface area contributed by atoms with Crippen molar-refractivity contribution < 1.29 is 5.11 Å². The molecule has 1 aromatic heterocycles. The second-order valence-corrected chi connectivity index (χ2v) is 5.27. The SMILES string of the molecule is CSc1nsc(N=Nc2cc(C)c(O)c(Cl)c2)n1.